The van der Waals surface area contributed by atoms with Crippen molar-refractivity contribution in [3.63, 3.8) is 0 Å². The van der Waals surface area contributed by atoms with Crippen molar-refractivity contribution < 1.29 is 0 Å². The SMILES string of the molecule is CC(C)(C)CN1CCCNC(c2ccccc2)C1. The first kappa shape index (κ1) is 13.6. The number of nitrogens with one attached hydrogen (secondary N) is 1. The van der Waals surface area contributed by atoms with Crippen LogP contribution in [0.1, 0.15) is 38.8 Å². The molecule has 18 heavy (non-hydrogen) atoms. The molecule has 0 saturated carbocycles. The van der Waals surface area contributed by atoms with Crippen LogP contribution < -0.4 is 5.32 Å². The molecule has 2 heteroatoms. The van der Waals surface area contributed by atoms with Gasteiger partial charge in [0.05, 0.1) is 0 Å². The Morgan fingerprint density at radius 2 is 1.94 bits per heavy atom. The number of hydrogen-bond acceptors (Lipinski definition) is 2. The maximum Gasteiger partial charge on any atom is 0.0449 e. The molecule has 0 radical (unpaired) electrons. The summed E-state index contributed by atoms with van der Waals surface area (Å²) in [5, 5.41) is 3.67. The lowest BCUT2D eigenvalue weighted by atomic mass is 9.95. The van der Waals surface area contributed by atoms with Gasteiger partial charge in [-0.2, -0.15) is 0 Å². The van der Waals surface area contributed by atoms with Gasteiger partial charge in [-0.05, 0) is 30.5 Å². The molecule has 0 amide bonds. The van der Waals surface area contributed by atoms with Crippen molar-refractivity contribution in [1.29, 1.82) is 0 Å². The normalized spacial score (nSPS) is 22.7. The van der Waals surface area contributed by atoms with Gasteiger partial charge in [-0.1, -0.05) is 51.1 Å². The molecule has 0 aliphatic carbocycles. The maximum atomic E-state index is 3.67. The molecule has 1 aromatic carbocycles. The topological polar surface area (TPSA) is 15.3 Å². The fourth-order valence-corrected chi connectivity index (χ4v) is 2.72. The Kier molecular flexibility index (Phi) is 4.41. The van der Waals surface area contributed by atoms with Crippen LogP contribution in [0.15, 0.2) is 30.3 Å². The monoisotopic (exact) mass is 246 g/mol. The molecule has 2 rings (SSSR count). The van der Waals surface area contributed by atoms with Gasteiger partial charge in [-0.15, -0.1) is 0 Å². The van der Waals surface area contributed by atoms with Crippen LogP contribution in [0.3, 0.4) is 0 Å². The number of benzene rings is 1. The first-order valence-corrected chi connectivity index (χ1v) is 7.05. The molecule has 1 unspecified atom stereocenters. The fraction of sp³-hybridized carbons (Fsp3) is 0.625. The van der Waals surface area contributed by atoms with Crippen molar-refractivity contribution in [2.75, 3.05) is 26.2 Å². The molecule has 1 fully saturated rings. The summed E-state index contributed by atoms with van der Waals surface area (Å²) in [6.07, 6.45) is 1.25. The van der Waals surface area contributed by atoms with Crippen molar-refractivity contribution in [2.24, 2.45) is 5.41 Å². The van der Waals surface area contributed by atoms with E-state index in [-0.39, 0.29) is 0 Å². The van der Waals surface area contributed by atoms with Crippen molar-refractivity contribution in [1.82, 2.24) is 10.2 Å². The zero-order chi connectivity index (χ0) is 13.0. The highest BCUT2D eigenvalue weighted by Crippen LogP contribution is 2.21. The third-order valence-electron chi connectivity index (χ3n) is 3.38. The molecule has 1 atom stereocenters. The van der Waals surface area contributed by atoms with E-state index in [1.54, 1.807) is 0 Å². The molecular formula is C16H26N2. The predicted molar refractivity (Wildman–Crippen MR) is 77.7 cm³/mol. The minimum atomic E-state index is 0.381. The van der Waals surface area contributed by atoms with Crippen LogP contribution in [-0.2, 0) is 0 Å². The van der Waals surface area contributed by atoms with Gasteiger partial charge in [-0.3, -0.25) is 0 Å². The van der Waals surface area contributed by atoms with Crippen LogP contribution in [-0.4, -0.2) is 31.1 Å². The second kappa shape index (κ2) is 5.85. The Morgan fingerprint density at radius 3 is 2.61 bits per heavy atom. The van der Waals surface area contributed by atoms with Gasteiger partial charge in [0, 0.05) is 19.1 Å². The van der Waals surface area contributed by atoms with Crippen LogP contribution >= 0.6 is 0 Å². The Labute approximate surface area is 111 Å². The smallest absolute Gasteiger partial charge is 0.0449 e. The molecule has 2 nitrogen and oxygen atoms in total. The summed E-state index contributed by atoms with van der Waals surface area (Å²) in [4.78, 5) is 2.61. The highest BCUT2D eigenvalue weighted by atomic mass is 15.2. The highest BCUT2D eigenvalue weighted by molar-refractivity contribution is 5.19. The summed E-state index contributed by atoms with van der Waals surface area (Å²) in [6.45, 7) is 11.6. The molecule has 1 aliphatic heterocycles. The van der Waals surface area contributed by atoms with E-state index in [0.717, 1.165) is 13.1 Å². The number of rotatable bonds is 2. The Balaban J connectivity index is 2.04. The molecule has 1 aliphatic rings. The average molecular weight is 246 g/mol. The lowest BCUT2D eigenvalue weighted by Gasteiger charge is -2.30. The Hall–Kier alpha value is -0.860. The summed E-state index contributed by atoms with van der Waals surface area (Å²) in [7, 11) is 0. The maximum absolute atomic E-state index is 3.67. The second-order valence-electron chi connectivity index (χ2n) is 6.57. The summed E-state index contributed by atoms with van der Waals surface area (Å²) >= 11 is 0. The molecule has 1 aromatic rings. The third-order valence-corrected chi connectivity index (χ3v) is 3.38. The molecule has 0 spiro atoms. The molecule has 1 saturated heterocycles. The fourth-order valence-electron chi connectivity index (χ4n) is 2.72. The highest BCUT2D eigenvalue weighted by Gasteiger charge is 2.22. The van der Waals surface area contributed by atoms with Crippen LogP contribution in [0.25, 0.3) is 0 Å². The number of hydrogen-bond donors (Lipinski definition) is 1. The first-order valence-electron chi connectivity index (χ1n) is 7.05. The standard InChI is InChI=1S/C16H26N2/c1-16(2,3)13-18-11-7-10-17-15(12-18)14-8-5-4-6-9-14/h4-6,8-9,15,17H,7,10-13H2,1-3H3. The van der Waals surface area contributed by atoms with E-state index in [1.165, 1.54) is 25.1 Å². The molecular weight excluding hydrogens is 220 g/mol. The lowest BCUT2D eigenvalue weighted by Crippen LogP contribution is -2.36. The third kappa shape index (κ3) is 4.11. The van der Waals surface area contributed by atoms with Gasteiger partial charge >= 0.3 is 0 Å². The lowest BCUT2D eigenvalue weighted by molar-refractivity contribution is 0.189. The first-order chi connectivity index (χ1) is 8.54. The summed E-state index contributed by atoms with van der Waals surface area (Å²) in [5.41, 5.74) is 1.80. The van der Waals surface area contributed by atoms with E-state index in [2.05, 4.69) is 61.3 Å². The van der Waals surface area contributed by atoms with E-state index < -0.39 is 0 Å². The minimum absolute atomic E-state index is 0.381. The van der Waals surface area contributed by atoms with Crippen LogP contribution in [0.2, 0.25) is 0 Å². The molecule has 1 heterocycles. The van der Waals surface area contributed by atoms with Crippen molar-refractivity contribution >= 4 is 0 Å². The van der Waals surface area contributed by atoms with Crippen molar-refractivity contribution in [2.45, 2.75) is 33.2 Å². The van der Waals surface area contributed by atoms with Gasteiger partial charge in [-0.25, -0.2) is 0 Å². The largest absolute Gasteiger partial charge is 0.309 e. The van der Waals surface area contributed by atoms with Gasteiger partial charge < -0.3 is 10.2 Å². The summed E-state index contributed by atoms with van der Waals surface area (Å²) in [6, 6.07) is 11.3. The van der Waals surface area contributed by atoms with Gasteiger partial charge in [0.15, 0.2) is 0 Å². The van der Waals surface area contributed by atoms with E-state index in [4.69, 9.17) is 0 Å². The van der Waals surface area contributed by atoms with E-state index in [1.807, 2.05) is 0 Å². The molecule has 1 N–H and O–H groups in total. The quantitative estimate of drug-likeness (QED) is 0.863. The summed E-state index contributed by atoms with van der Waals surface area (Å²) < 4.78 is 0. The molecule has 0 bridgehead atoms. The Bertz CT molecular complexity index is 353. The van der Waals surface area contributed by atoms with Gasteiger partial charge in [0.2, 0.25) is 0 Å². The zero-order valence-corrected chi connectivity index (χ0v) is 11.9. The number of nitrogens with zero attached hydrogens (tertiary/aromatic N) is 1. The minimum Gasteiger partial charge on any atom is -0.309 e. The predicted octanol–water partition coefficient (Wildman–Crippen LogP) is 3.07. The van der Waals surface area contributed by atoms with E-state index in [9.17, 15) is 0 Å². The second-order valence-corrected chi connectivity index (χ2v) is 6.57. The van der Waals surface area contributed by atoms with Crippen molar-refractivity contribution in [3.05, 3.63) is 35.9 Å². The van der Waals surface area contributed by atoms with E-state index in [0.29, 0.717) is 11.5 Å². The van der Waals surface area contributed by atoms with Gasteiger partial charge in [0.25, 0.3) is 0 Å². The van der Waals surface area contributed by atoms with Crippen molar-refractivity contribution in [3.8, 4) is 0 Å². The van der Waals surface area contributed by atoms with Gasteiger partial charge in [0.1, 0.15) is 0 Å². The van der Waals surface area contributed by atoms with Crippen LogP contribution in [0, 0.1) is 5.41 Å². The van der Waals surface area contributed by atoms with E-state index >= 15 is 0 Å². The zero-order valence-electron chi connectivity index (χ0n) is 11.9. The molecule has 0 aromatic heterocycles. The average Bonchev–Trinajstić information content (AvgIpc) is 2.54. The van der Waals surface area contributed by atoms with Crippen LogP contribution in [0.4, 0.5) is 0 Å². The van der Waals surface area contributed by atoms with Crippen LogP contribution in [0.5, 0.6) is 0 Å². The molecule has 100 valence electrons. The summed E-state index contributed by atoms with van der Waals surface area (Å²) in [5.74, 6) is 0. The Morgan fingerprint density at radius 1 is 1.22 bits per heavy atom.